The van der Waals surface area contributed by atoms with Crippen LogP contribution in [0.3, 0.4) is 0 Å². The lowest BCUT2D eigenvalue weighted by Crippen LogP contribution is -2.39. The zero-order chi connectivity index (χ0) is 14.5. The maximum Gasteiger partial charge on any atom is 0.422 e. The molecule has 0 radical (unpaired) electrons. The van der Waals surface area contributed by atoms with Crippen LogP contribution in [0.1, 0.15) is 5.56 Å². The van der Waals surface area contributed by atoms with Gasteiger partial charge >= 0.3 is 12.1 Å². The maximum absolute atomic E-state index is 11.9. The SMILES string of the molecule is CN[C@@H](Cc1ccc(Cl)cc1)C(=O)OCC(F)(F)F. The van der Waals surface area contributed by atoms with Gasteiger partial charge < -0.3 is 10.1 Å². The maximum atomic E-state index is 11.9. The minimum atomic E-state index is -4.52. The number of ether oxygens (including phenoxy) is 1. The molecule has 3 nitrogen and oxygen atoms in total. The molecule has 0 saturated heterocycles. The second kappa shape index (κ2) is 6.77. The lowest BCUT2D eigenvalue weighted by molar-refractivity contribution is -0.187. The highest BCUT2D eigenvalue weighted by Gasteiger charge is 2.31. The molecular formula is C12H13ClF3NO2. The van der Waals surface area contributed by atoms with Gasteiger partial charge in [0.25, 0.3) is 0 Å². The number of esters is 1. The molecule has 7 heteroatoms. The van der Waals surface area contributed by atoms with E-state index in [1.165, 1.54) is 7.05 Å². The van der Waals surface area contributed by atoms with Gasteiger partial charge in [0.2, 0.25) is 0 Å². The molecule has 1 atom stereocenters. The fourth-order valence-corrected chi connectivity index (χ4v) is 1.54. The molecular weight excluding hydrogens is 283 g/mol. The van der Waals surface area contributed by atoms with Crippen molar-refractivity contribution in [3.63, 3.8) is 0 Å². The quantitative estimate of drug-likeness (QED) is 0.849. The van der Waals surface area contributed by atoms with Gasteiger partial charge in [-0.25, -0.2) is 0 Å². The zero-order valence-electron chi connectivity index (χ0n) is 10.1. The molecule has 0 amide bonds. The lowest BCUT2D eigenvalue weighted by atomic mass is 10.1. The molecule has 19 heavy (non-hydrogen) atoms. The fraction of sp³-hybridized carbons (Fsp3) is 0.417. The summed E-state index contributed by atoms with van der Waals surface area (Å²) in [5.41, 5.74) is 0.771. The van der Waals surface area contributed by atoms with E-state index in [0.29, 0.717) is 5.02 Å². The molecule has 0 fully saturated rings. The number of carbonyl (C=O) groups excluding carboxylic acids is 1. The molecule has 1 rings (SSSR count). The Kier molecular flexibility index (Phi) is 5.62. The van der Waals surface area contributed by atoms with E-state index in [9.17, 15) is 18.0 Å². The number of halogens is 4. The van der Waals surface area contributed by atoms with Crippen LogP contribution >= 0.6 is 11.6 Å². The van der Waals surface area contributed by atoms with Gasteiger partial charge in [0.15, 0.2) is 6.61 Å². The standard InChI is InChI=1S/C12H13ClF3NO2/c1-17-10(11(18)19-7-12(14,15)16)6-8-2-4-9(13)5-3-8/h2-5,10,17H,6-7H2,1H3/t10-/m0/s1. The van der Waals surface area contributed by atoms with Gasteiger partial charge in [0.1, 0.15) is 6.04 Å². The van der Waals surface area contributed by atoms with Crippen molar-refractivity contribution in [3.05, 3.63) is 34.9 Å². The molecule has 106 valence electrons. The van der Waals surface area contributed by atoms with Crippen LogP contribution in [0.15, 0.2) is 24.3 Å². The summed E-state index contributed by atoms with van der Waals surface area (Å²) in [5.74, 6) is -0.935. The molecule has 0 spiro atoms. The number of carbonyl (C=O) groups is 1. The van der Waals surface area contributed by atoms with E-state index < -0.39 is 24.8 Å². The van der Waals surface area contributed by atoms with Crippen LogP contribution in [0.5, 0.6) is 0 Å². The first-order valence-electron chi connectivity index (χ1n) is 5.47. The summed E-state index contributed by atoms with van der Waals surface area (Å²) in [6.45, 7) is -1.58. The first-order chi connectivity index (χ1) is 8.81. The Labute approximate surface area is 113 Å². The molecule has 0 aliphatic carbocycles. The number of nitrogens with one attached hydrogen (secondary N) is 1. The van der Waals surface area contributed by atoms with Crippen molar-refractivity contribution >= 4 is 17.6 Å². The van der Waals surface area contributed by atoms with E-state index in [0.717, 1.165) is 5.56 Å². The van der Waals surface area contributed by atoms with E-state index in [-0.39, 0.29) is 6.42 Å². The van der Waals surface area contributed by atoms with Gasteiger partial charge in [0, 0.05) is 5.02 Å². The minimum Gasteiger partial charge on any atom is -0.455 e. The Morgan fingerprint density at radius 2 is 1.95 bits per heavy atom. The van der Waals surface area contributed by atoms with Gasteiger partial charge in [-0.2, -0.15) is 13.2 Å². The second-order valence-corrected chi connectivity index (χ2v) is 4.33. The van der Waals surface area contributed by atoms with Crippen molar-refractivity contribution in [3.8, 4) is 0 Å². The number of benzene rings is 1. The molecule has 0 aliphatic heterocycles. The number of rotatable bonds is 5. The third-order valence-corrected chi connectivity index (χ3v) is 2.62. The molecule has 1 aromatic carbocycles. The monoisotopic (exact) mass is 295 g/mol. The zero-order valence-corrected chi connectivity index (χ0v) is 10.9. The Morgan fingerprint density at radius 3 is 2.42 bits per heavy atom. The van der Waals surface area contributed by atoms with Crippen molar-refractivity contribution in [2.75, 3.05) is 13.7 Å². The summed E-state index contributed by atoms with van der Waals surface area (Å²) in [5, 5.41) is 3.17. The van der Waals surface area contributed by atoms with E-state index in [2.05, 4.69) is 10.1 Å². The van der Waals surface area contributed by atoms with Gasteiger partial charge in [-0.1, -0.05) is 23.7 Å². The van der Waals surface area contributed by atoms with Crippen LogP contribution in [0.4, 0.5) is 13.2 Å². The smallest absolute Gasteiger partial charge is 0.422 e. The largest absolute Gasteiger partial charge is 0.455 e. The van der Waals surface area contributed by atoms with E-state index in [4.69, 9.17) is 11.6 Å². The molecule has 0 aliphatic rings. The Morgan fingerprint density at radius 1 is 1.37 bits per heavy atom. The average Bonchev–Trinajstić information content (AvgIpc) is 2.34. The Balaban J connectivity index is 2.57. The first-order valence-corrected chi connectivity index (χ1v) is 5.84. The average molecular weight is 296 g/mol. The van der Waals surface area contributed by atoms with Gasteiger partial charge in [-0.3, -0.25) is 4.79 Å². The predicted molar refractivity (Wildman–Crippen MR) is 65.0 cm³/mol. The highest BCUT2D eigenvalue weighted by molar-refractivity contribution is 6.30. The van der Waals surface area contributed by atoms with E-state index in [1.54, 1.807) is 24.3 Å². The summed E-state index contributed by atoms with van der Waals surface area (Å²) in [6, 6.07) is 5.85. The summed E-state index contributed by atoms with van der Waals surface area (Å²) in [4.78, 5) is 11.5. The van der Waals surface area contributed by atoms with Crippen LogP contribution in [0.2, 0.25) is 5.02 Å². The van der Waals surface area contributed by atoms with Crippen molar-refractivity contribution < 1.29 is 22.7 Å². The number of hydrogen-bond acceptors (Lipinski definition) is 3. The Hall–Kier alpha value is -1.27. The lowest BCUT2D eigenvalue weighted by Gasteiger charge is -2.16. The first kappa shape index (κ1) is 15.8. The van der Waals surface area contributed by atoms with E-state index >= 15 is 0 Å². The number of likely N-dealkylation sites (N-methyl/N-ethyl adjacent to an activating group) is 1. The van der Waals surface area contributed by atoms with Crippen LogP contribution in [0.25, 0.3) is 0 Å². The predicted octanol–water partition coefficient (Wildman–Crippen LogP) is 2.58. The van der Waals surface area contributed by atoms with Gasteiger partial charge in [-0.15, -0.1) is 0 Å². The molecule has 0 aromatic heterocycles. The molecule has 1 N–H and O–H groups in total. The van der Waals surface area contributed by atoms with Crippen LogP contribution in [-0.2, 0) is 16.0 Å². The molecule has 0 unspecified atom stereocenters. The normalized spacial score (nSPS) is 13.1. The third kappa shape index (κ3) is 5.94. The van der Waals surface area contributed by atoms with Crippen LogP contribution in [-0.4, -0.2) is 31.8 Å². The van der Waals surface area contributed by atoms with Crippen LogP contribution < -0.4 is 5.32 Å². The van der Waals surface area contributed by atoms with Crippen LogP contribution in [0, 0.1) is 0 Å². The molecule has 1 aromatic rings. The van der Waals surface area contributed by atoms with Crippen molar-refractivity contribution in [2.24, 2.45) is 0 Å². The summed E-state index contributed by atoms with van der Waals surface area (Å²) < 4.78 is 40.0. The highest BCUT2D eigenvalue weighted by Crippen LogP contribution is 2.16. The molecule has 0 bridgehead atoms. The van der Waals surface area contributed by atoms with Gasteiger partial charge in [0.05, 0.1) is 0 Å². The minimum absolute atomic E-state index is 0.227. The third-order valence-electron chi connectivity index (χ3n) is 2.36. The van der Waals surface area contributed by atoms with Crippen molar-refractivity contribution in [2.45, 2.75) is 18.6 Å². The van der Waals surface area contributed by atoms with Crippen molar-refractivity contribution in [1.29, 1.82) is 0 Å². The molecule has 0 heterocycles. The van der Waals surface area contributed by atoms with Crippen molar-refractivity contribution in [1.82, 2.24) is 5.32 Å². The topological polar surface area (TPSA) is 38.3 Å². The Bertz CT molecular complexity index is 420. The summed E-state index contributed by atoms with van der Waals surface area (Å²) in [6.07, 6.45) is -4.29. The second-order valence-electron chi connectivity index (χ2n) is 3.89. The fourth-order valence-electron chi connectivity index (χ4n) is 1.41. The molecule has 0 saturated carbocycles. The number of alkyl halides is 3. The number of hydrogen-bond donors (Lipinski definition) is 1. The highest BCUT2D eigenvalue weighted by atomic mass is 35.5. The summed E-state index contributed by atoms with van der Waals surface area (Å²) in [7, 11) is 1.48. The van der Waals surface area contributed by atoms with Gasteiger partial charge in [-0.05, 0) is 31.2 Å². The summed E-state index contributed by atoms with van der Waals surface area (Å²) >= 11 is 5.71. The van der Waals surface area contributed by atoms with E-state index in [1.807, 2.05) is 0 Å².